The molecule has 1 atom stereocenters. The highest BCUT2D eigenvalue weighted by Gasteiger charge is 2.22. The number of hydrogen-bond acceptors (Lipinski definition) is 4. The van der Waals surface area contributed by atoms with Crippen molar-refractivity contribution in [3.05, 3.63) is 47.1 Å². The standard InChI is InChI=1S/C21H28FN3O2/c1-3-18-12-19(27-24-18)14-25-10-4-5-16(13-25)6-9-21(26)23-20-8-7-17(22)11-15(20)2/h7-8,11-12,16H,3-6,9-10,13-14H2,1-2H3,(H,23,26)/t16-/m1/s1. The van der Waals surface area contributed by atoms with Crippen molar-refractivity contribution in [1.82, 2.24) is 10.1 Å². The van der Waals surface area contributed by atoms with Gasteiger partial charge in [-0.3, -0.25) is 9.69 Å². The van der Waals surface area contributed by atoms with Gasteiger partial charge in [0.05, 0.1) is 12.2 Å². The third kappa shape index (κ3) is 5.63. The van der Waals surface area contributed by atoms with Crippen molar-refractivity contribution in [1.29, 1.82) is 0 Å². The van der Waals surface area contributed by atoms with Crippen molar-refractivity contribution in [3.63, 3.8) is 0 Å². The second-order valence-corrected chi connectivity index (χ2v) is 7.43. The van der Waals surface area contributed by atoms with Gasteiger partial charge in [0.1, 0.15) is 5.82 Å². The van der Waals surface area contributed by atoms with Crippen molar-refractivity contribution in [3.8, 4) is 0 Å². The lowest BCUT2D eigenvalue weighted by Gasteiger charge is -2.31. The Morgan fingerprint density at radius 2 is 2.26 bits per heavy atom. The van der Waals surface area contributed by atoms with Crippen LogP contribution in [-0.2, 0) is 17.8 Å². The van der Waals surface area contributed by atoms with E-state index in [4.69, 9.17) is 4.52 Å². The molecule has 1 aliphatic heterocycles. The molecule has 3 rings (SSSR count). The number of anilines is 1. The number of nitrogens with zero attached hydrogens (tertiary/aromatic N) is 2. The predicted molar refractivity (Wildman–Crippen MR) is 103 cm³/mol. The van der Waals surface area contributed by atoms with Crippen LogP contribution in [0, 0.1) is 18.7 Å². The maximum Gasteiger partial charge on any atom is 0.224 e. The number of rotatable bonds is 7. The first-order valence-electron chi connectivity index (χ1n) is 9.76. The number of aromatic nitrogens is 1. The van der Waals surface area contributed by atoms with E-state index in [1.165, 1.54) is 12.1 Å². The molecule has 1 saturated heterocycles. The quantitative estimate of drug-likeness (QED) is 0.785. The van der Waals surface area contributed by atoms with Crippen molar-refractivity contribution >= 4 is 11.6 Å². The largest absolute Gasteiger partial charge is 0.360 e. The van der Waals surface area contributed by atoms with Gasteiger partial charge in [-0.2, -0.15) is 0 Å². The molecule has 27 heavy (non-hydrogen) atoms. The third-order valence-electron chi connectivity index (χ3n) is 5.19. The van der Waals surface area contributed by atoms with E-state index < -0.39 is 0 Å². The molecule has 1 aromatic carbocycles. The Morgan fingerprint density at radius 1 is 1.41 bits per heavy atom. The summed E-state index contributed by atoms with van der Waals surface area (Å²) in [6, 6.07) is 6.45. The summed E-state index contributed by atoms with van der Waals surface area (Å²) in [5, 5.41) is 6.95. The van der Waals surface area contributed by atoms with E-state index in [-0.39, 0.29) is 11.7 Å². The van der Waals surface area contributed by atoms with Gasteiger partial charge in [0.2, 0.25) is 5.91 Å². The van der Waals surface area contributed by atoms with Crippen LogP contribution < -0.4 is 5.32 Å². The van der Waals surface area contributed by atoms with E-state index in [0.717, 1.165) is 62.3 Å². The molecule has 2 aromatic rings. The Balaban J connectivity index is 1.45. The smallest absolute Gasteiger partial charge is 0.224 e. The van der Waals surface area contributed by atoms with Crippen LogP contribution >= 0.6 is 0 Å². The van der Waals surface area contributed by atoms with Crippen LogP contribution in [0.3, 0.4) is 0 Å². The van der Waals surface area contributed by atoms with Crippen LogP contribution in [0.15, 0.2) is 28.8 Å². The minimum Gasteiger partial charge on any atom is -0.360 e. The summed E-state index contributed by atoms with van der Waals surface area (Å²) >= 11 is 0. The zero-order valence-electron chi connectivity index (χ0n) is 16.1. The first kappa shape index (κ1) is 19.5. The maximum atomic E-state index is 13.2. The fraction of sp³-hybridized carbons (Fsp3) is 0.524. The normalized spacial score (nSPS) is 17.8. The molecule has 5 nitrogen and oxygen atoms in total. The molecule has 0 bridgehead atoms. The molecular formula is C21H28FN3O2. The van der Waals surface area contributed by atoms with Crippen molar-refractivity contribution in [2.24, 2.45) is 5.92 Å². The number of likely N-dealkylation sites (tertiary alicyclic amines) is 1. The van der Waals surface area contributed by atoms with Gasteiger partial charge in [-0.05, 0) is 68.8 Å². The molecule has 0 spiro atoms. The summed E-state index contributed by atoms with van der Waals surface area (Å²) in [5.74, 6) is 1.12. The van der Waals surface area contributed by atoms with Gasteiger partial charge in [-0.25, -0.2) is 4.39 Å². The zero-order valence-corrected chi connectivity index (χ0v) is 16.1. The van der Waals surface area contributed by atoms with Crippen molar-refractivity contribution in [2.75, 3.05) is 18.4 Å². The number of aryl methyl sites for hydroxylation is 2. The average Bonchev–Trinajstić information content (AvgIpc) is 3.10. The van der Waals surface area contributed by atoms with E-state index >= 15 is 0 Å². The van der Waals surface area contributed by atoms with E-state index in [2.05, 4.69) is 22.3 Å². The number of benzene rings is 1. The molecule has 2 heterocycles. The summed E-state index contributed by atoms with van der Waals surface area (Å²) in [6.07, 6.45) is 4.51. The number of carbonyl (C=O) groups is 1. The number of hydrogen-bond donors (Lipinski definition) is 1. The Labute approximate surface area is 159 Å². The summed E-state index contributed by atoms with van der Waals surface area (Å²) < 4.78 is 18.6. The van der Waals surface area contributed by atoms with Crippen molar-refractivity contribution in [2.45, 2.75) is 52.5 Å². The maximum absolute atomic E-state index is 13.2. The monoisotopic (exact) mass is 373 g/mol. The fourth-order valence-electron chi connectivity index (χ4n) is 3.66. The zero-order chi connectivity index (χ0) is 19.2. The van der Waals surface area contributed by atoms with Crippen LogP contribution in [0.25, 0.3) is 0 Å². The first-order valence-corrected chi connectivity index (χ1v) is 9.76. The molecule has 1 aromatic heterocycles. The minimum atomic E-state index is -0.286. The molecular weight excluding hydrogens is 345 g/mol. The fourth-order valence-corrected chi connectivity index (χ4v) is 3.66. The molecule has 1 amide bonds. The Morgan fingerprint density at radius 3 is 3.00 bits per heavy atom. The lowest BCUT2D eigenvalue weighted by atomic mass is 9.93. The van der Waals surface area contributed by atoms with Gasteiger partial charge in [0.15, 0.2) is 5.76 Å². The van der Waals surface area contributed by atoms with Crippen LogP contribution in [0.5, 0.6) is 0 Å². The minimum absolute atomic E-state index is 0.00958. The van der Waals surface area contributed by atoms with Crippen LogP contribution in [0.2, 0.25) is 0 Å². The highest BCUT2D eigenvalue weighted by atomic mass is 19.1. The predicted octanol–water partition coefficient (Wildman–Crippen LogP) is 4.32. The number of piperidine rings is 1. The highest BCUT2D eigenvalue weighted by Crippen LogP contribution is 2.23. The van der Waals surface area contributed by atoms with E-state index in [0.29, 0.717) is 18.0 Å². The second-order valence-electron chi connectivity index (χ2n) is 7.43. The highest BCUT2D eigenvalue weighted by molar-refractivity contribution is 5.91. The van der Waals surface area contributed by atoms with Crippen LogP contribution in [-0.4, -0.2) is 29.1 Å². The molecule has 0 unspecified atom stereocenters. The molecule has 1 N–H and O–H groups in total. The Bertz CT molecular complexity index is 775. The van der Waals surface area contributed by atoms with Crippen LogP contribution in [0.1, 0.15) is 49.6 Å². The van der Waals surface area contributed by atoms with Gasteiger partial charge < -0.3 is 9.84 Å². The number of nitrogens with one attached hydrogen (secondary N) is 1. The third-order valence-corrected chi connectivity index (χ3v) is 5.19. The Hall–Kier alpha value is -2.21. The molecule has 1 fully saturated rings. The summed E-state index contributed by atoms with van der Waals surface area (Å²) in [4.78, 5) is 14.6. The van der Waals surface area contributed by atoms with E-state index in [1.807, 2.05) is 6.07 Å². The molecule has 1 aliphatic rings. The van der Waals surface area contributed by atoms with Gasteiger partial charge in [-0.15, -0.1) is 0 Å². The first-order chi connectivity index (χ1) is 13.0. The van der Waals surface area contributed by atoms with E-state index in [1.54, 1.807) is 13.0 Å². The van der Waals surface area contributed by atoms with Gasteiger partial charge in [-0.1, -0.05) is 12.1 Å². The van der Waals surface area contributed by atoms with Gasteiger partial charge >= 0.3 is 0 Å². The summed E-state index contributed by atoms with van der Waals surface area (Å²) in [5.41, 5.74) is 2.42. The van der Waals surface area contributed by atoms with Crippen LogP contribution in [0.4, 0.5) is 10.1 Å². The topological polar surface area (TPSA) is 58.4 Å². The molecule has 0 radical (unpaired) electrons. The SMILES string of the molecule is CCc1cc(CN2CCC[C@H](CCC(=O)Nc3ccc(F)cc3C)C2)on1. The lowest BCUT2D eigenvalue weighted by molar-refractivity contribution is -0.116. The lowest BCUT2D eigenvalue weighted by Crippen LogP contribution is -2.35. The summed E-state index contributed by atoms with van der Waals surface area (Å²) in [6.45, 7) is 6.68. The molecule has 0 aliphatic carbocycles. The van der Waals surface area contributed by atoms with E-state index in [9.17, 15) is 9.18 Å². The Kier molecular flexibility index (Phi) is 6.61. The number of carbonyl (C=O) groups excluding carboxylic acids is 1. The molecule has 6 heteroatoms. The van der Waals surface area contributed by atoms with Gasteiger partial charge in [0.25, 0.3) is 0 Å². The number of halogens is 1. The molecule has 0 saturated carbocycles. The number of amides is 1. The average molecular weight is 373 g/mol. The molecule has 146 valence electrons. The second kappa shape index (κ2) is 9.13. The van der Waals surface area contributed by atoms with Gasteiger partial charge in [0, 0.05) is 24.7 Å². The summed E-state index contributed by atoms with van der Waals surface area (Å²) in [7, 11) is 0. The van der Waals surface area contributed by atoms with Crippen molar-refractivity contribution < 1.29 is 13.7 Å².